The van der Waals surface area contributed by atoms with E-state index in [1.807, 2.05) is 40.3 Å². The molecule has 4 rings (SSSR count). The maximum absolute atomic E-state index is 6.36. The first-order valence-corrected chi connectivity index (χ1v) is 9.75. The predicted molar refractivity (Wildman–Crippen MR) is 124 cm³/mol. The fourth-order valence-corrected chi connectivity index (χ4v) is 3.60. The largest absolute Gasteiger partial charge is 0.456 e. The molecule has 0 spiro atoms. The second kappa shape index (κ2) is 7.63. The molecule has 2 aromatic carbocycles. The van der Waals surface area contributed by atoms with Crippen LogP contribution in [-0.4, -0.2) is 33.4 Å². The zero-order chi connectivity index (χ0) is 20.5. The van der Waals surface area contributed by atoms with Gasteiger partial charge in [-0.1, -0.05) is 12.1 Å². The molecule has 5 heteroatoms. The van der Waals surface area contributed by atoms with Crippen molar-refractivity contribution >= 4 is 39.7 Å². The summed E-state index contributed by atoms with van der Waals surface area (Å²) >= 11 is 4.72. The van der Waals surface area contributed by atoms with E-state index in [9.17, 15) is 0 Å². The molecule has 0 N–H and O–H groups in total. The molecule has 144 valence electrons. The van der Waals surface area contributed by atoms with Crippen LogP contribution in [0, 0.1) is 0 Å². The van der Waals surface area contributed by atoms with Gasteiger partial charge in [0.05, 0.1) is 16.9 Å². The van der Waals surface area contributed by atoms with Crippen LogP contribution in [0.25, 0.3) is 33.4 Å². The van der Waals surface area contributed by atoms with Crippen molar-refractivity contribution in [2.24, 2.45) is 4.99 Å². The molecule has 0 bridgehead atoms. The number of aliphatic imine (C=N–C) groups is 1. The van der Waals surface area contributed by atoms with Crippen molar-refractivity contribution in [2.75, 3.05) is 33.1 Å². The lowest BCUT2D eigenvalue weighted by Crippen LogP contribution is -2.21. The van der Waals surface area contributed by atoms with Crippen molar-refractivity contribution in [3.05, 3.63) is 66.0 Å². The van der Waals surface area contributed by atoms with E-state index in [1.165, 1.54) is 0 Å². The van der Waals surface area contributed by atoms with Gasteiger partial charge in [0, 0.05) is 48.4 Å². The van der Waals surface area contributed by atoms with Crippen LogP contribution in [0.15, 0.2) is 70.1 Å². The Balaban J connectivity index is 2.08. The smallest absolute Gasteiger partial charge is 0.203 e. The van der Waals surface area contributed by atoms with Gasteiger partial charge in [-0.05, 0) is 48.1 Å². The minimum atomic E-state index is 0.794. The number of benzene rings is 3. The minimum absolute atomic E-state index is 0.794. The number of anilines is 1. The summed E-state index contributed by atoms with van der Waals surface area (Å²) in [6.45, 7) is 0. The zero-order valence-corrected chi connectivity index (χ0v) is 17.7. The first-order chi connectivity index (χ1) is 14.0. The summed E-state index contributed by atoms with van der Waals surface area (Å²) in [5.74, 6) is 0.857. The average Bonchev–Trinajstić information content (AvgIpc) is 2.72. The Hall–Kier alpha value is -3.27. The summed E-state index contributed by atoms with van der Waals surface area (Å²) in [6.07, 6.45) is 0. The normalized spacial score (nSPS) is 10.8. The van der Waals surface area contributed by atoms with E-state index in [-0.39, 0.29) is 0 Å². The Labute approximate surface area is 175 Å². The van der Waals surface area contributed by atoms with Crippen LogP contribution in [0.2, 0.25) is 0 Å². The van der Waals surface area contributed by atoms with Gasteiger partial charge < -0.3 is 9.32 Å². The third-order valence-electron chi connectivity index (χ3n) is 5.05. The van der Waals surface area contributed by atoms with Gasteiger partial charge in [-0.25, -0.2) is 4.58 Å². The first kappa shape index (κ1) is 19.1. The van der Waals surface area contributed by atoms with E-state index in [1.54, 1.807) is 0 Å². The van der Waals surface area contributed by atoms with Gasteiger partial charge in [-0.2, -0.15) is 4.99 Å². The molecular weight excluding hydrogens is 378 g/mol. The zero-order valence-electron chi connectivity index (χ0n) is 16.9. The molecule has 2 aliphatic rings. The van der Waals surface area contributed by atoms with Crippen molar-refractivity contribution in [1.82, 2.24) is 4.58 Å². The third-order valence-corrected chi connectivity index (χ3v) is 5.14. The quantitative estimate of drug-likeness (QED) is 0.209. The summed E-state index contributed by atoms with van der Waals surface area (Å²) in [7, 11) is 8.12. The van der Waals surface area contributed by atoms with Gasteiger partial charge in [-0.15, -0.1) is 0 Å². The number of isothiocyanates is 1. The van der Waals surface area contributed by atoms with E-state index in [4.69, 9.17) is 16.6 Å². The molecule has 0 radical (unpaired) electrons. The Morgan fingerprint density at radius 1 is 0.966 bits per heavy atom. The lowest BCUT2D eigenvalue weighted by Gasteiger charge is -2.17. The molecule has 0 amide bonds. The number of hydrogen-bond acceptors (Lipinski definition) is 4. The van der Waals surface area contributed by atoms with Crippen molar-refractivity contribution in [3.8, 4) is 22.5 Å². The minimum Gasteiger partial charge on any atom is -0.456 e. The molecule has 0 atom stereocenters. The number of fused-ring (bicyclic) bond motifs is 2. The predicted octanol–water partition coefficient (Wildman–Crippen LogP) is 5.04. The van der Waals surface area contributed by atoms with Gasteiger partial charge in [0.2, 0.25) is 5.36 Å². The van der Waals surface area contributed by atoms with Crippen molar-refractivity contribution < 1.29 is 4.42 Å². The molecule has 0 saturated heterocycles. The summed E-state index contributed by atoms with van der Waals surface area (Å²) in [6, 6.07) is 20.7. The second-order valence-corrected chi connectivity index (χ2v) is 7.56. The van der Waals surface area contributed by atoms with E-state index >= 15 is 0 Å². The fraction of sp³-hybridized carbons (Fsp3) is 0.167. The van der Waals surface area contributed by atoms with Crippen LogP contribution in [0.1, 0.15) is 0 Å². The topological polar surface area (TPSA) is 31.8 Å². The van der Waals surface area contributed by atoms with Crippen LogP contribution in [0.3, 0.4) is 0 Å². The van der Waals surface area contributed by atoms with E-state index in [0.717, 1.165) is 50.2 Å². The first-order valence-electron chi connectivity index (χ1n) is 9.34. The average molecular weight is 401 g/mol. The fourth-order valence-electron chi connectivity index (χ4n) is 3.49. The molecule has 0 fully saturated rings. The van der Waals surface area contributed by atoms with Crippen LogP contribution in [0.5, 0.6) is 0 Å². The number of thiocarbonyl (C=S) groups is 1. The highest BCUT2D eigenvalue weighted by Gasteiger charge is 2.18. The van der Waals surface area contributed by atoms with Gasteiger partial charge in [0.15, 0.2) is 0 Å². The summed E-state index contributed by atoms with van der Waals surface area (Å²) in [4.78, 5) is 6.14. The summed E-state index contributed by atoms with van der Waals surface area (Å²) in [5, 5.41) is 4.59. The Morgan fingerprint density at radius 3 is 2.38 bits per heavy atom. The van der Waals surface area contributed by atoms with Crippen molar-refractivity contribution in [2.45, 2.75) is 0 Å². The number of rotatable bonds is 3. The maximum atomic E-state index is 6.36. The van der Waals surface area contributed by atoms with Gasteiger partial charge in [-0.3, -0.25) is 0 Å². The van der Waals surface area contributed by atoms with Crippen molar-refractivity contribution in [3.63, 3.8) is 0 Å². The molecule has 2 aromatic rings. The third kappa shape index (κ3) is 3.58. The summed E-state index contributed by atoms with van der Waals surface area (Å²) < 4.78 is 8.43. The lowest BCUT2D eigenvalue weighted by molar-refractivity contribution is 0.617. The number of hydrogen-bond donors (Lipinski definition) is 0. The Kier molecular flexibility index (Phi) is 5.01. The molecule has 1 aliphatic carbocycles. The molecule has 1 aliphatic heterocycles. The molecular formula is C24H22N3OS+. The van der Waals surface area contributed by atoms with Crippen LogP contribution in [0.4, 0.5) is 11.4 Å². The molecule has 29 heavy (non-hydrogen) atoms. The van der Waals surface area contributed by atoms with Gasteiger partial charge in [0.25, 0.3) is 0 Å². The highest BCUT2D eigenvalue weighted by Crippen LogP contribution is 2.41. The number of nitrogens with zero attached hydrogens (tertiary/aromatic N) is 3. The second-order valence-electron chi connectivity index (χ2n) is 7.38. The maximum Gasteiger partial charge on any atom is 0.203 e. The monoisotopic (exact) mass is 400 g/mol. The molecule has 0 saturated carbocycles. The molecule has 0 aromatic heterocycles. The van der Waals surface area contributed by atoms with Crippen LogP contribution in [-0.2, 0) is 0 Å². The highest BCUT2D eigenvalue weighted by atomic mass is 32.1. The molecule has 0 unspecified atom stereocenters. The highest BCUT2D eigenvalue weighted by molar-refractivity contribution is 7.78. The van der Waals surface area contributed by atoms with Gasteiger partial charge >= 0.3 is 0 Å². The standard InChI is InChI=1S/C24H22N3OS/c1-26(2)18-9-11-20-22(13-18)28-23-14-19(27(3)4)10-12-21(23)24(20)16-5-7-17(8-6-16)25-15-29/h5-14H,1-4H3/q+1. The molecule has 1 heterocycles. The summed E-state index contributed by atoms with van der Waals surface area (Å²) in [5.41, 5.74) is 6.08. The SMILES string of the molecule is CN(C)c1ccc2c(-c3ccc(N=C=S)cc3)c3ccc(=[N+](C)C)cc-3oc2c1. The van der Waals surface area contributed by atoms with E-state index in [2.05, 4.69) is 68.2 Å². The lowest BCUT2D eigenvalue weighted by atomic mass is 9.93. The molecule has 4 nitrogen and oxygen atoms in total. The van der Waals surface area contributed by atoms with Crippen LogP contribution < -0.4 is 14.8 Å². The van der Waals surface area contributed by atoms with Crippen molar-refractivity contribution in [1.29, 1.82) is 0 Å². The van der Waals surface area contributed by atoms with Crippen LogP contribution >= 0.6 is 12.2 Å². The Morgan fingerprint density at radius 2 is 1.72 bits per heavy atom. The Bertz CT molecular complexity index is 1290. The van der Waals surface area contributed by atoms with E-state index in [0.29, 0.717) is 0 Å². The van der Waals surface area contributed by atoms with E-state index < -0.39 is 0 Å². The van der Waals surface area contributed by atoms with Gasteiger partial charge in [0.1, 0.15) is 25.4 Å².